The van der Waals surface area contributed by atoms with Crippen molar-refractivity contribution in [1.29, 1.82) is 0 Å². The van der Waals surface area contributed by atoms with E-state index in [0.717, 1.165) is 0 Å². The zero-order valence-electron chi connectivity index (χ0n) is 4.74. The van der Waals surface area contributed by atoms with Crippen LogP contribution >= 0.6 is 0 Å². The highest BCUT2D eigenvalue weighted by Crippen LogP contribution is 1.85. The predicted octanol–water partition coefficient (Wildman–Crippen LogP) is 0.307. The third-order valence-electron chi connectivity index (χ3n) is 0.652. The Balaban J connectivity index is 3.42. The summed E-state index contributed by atoms with van der Waals surface area (Å²) >= 11 is 0. The fraction of sp³-hybridized carbons (Fsp3) is 0.400. The zero-order chi connectivity index (χ0) is 7.11. The van der Waals surface area contributed by atoms with Crippen LogP contribution in [0.15, 0.2) is 6.08 Å². The topological polar surface area (TPSA) is 73.7 Å². The van der Waals surface area contributed by atoms with E-state index in [-0.39, 0.29) is 6.42 Å². The van der Waals surface area contributed by atoms with Crippen LogP contribution in [0.5, 0.6) is 0 Å². The molecule has 0 saturated heterocycles. The summed E-state index contributed by atoms with van der Waals surface area (Å²) in [5, 5.41) is 8.07. The SMILES string of the molecule is [N-]=[N+]=C=CCCC(=O)O. The van der Waals surface area contributed by atoms with E-state index in [4.69, 9.17) is 10.6 Å². The number of carboxylic acid groups (broad SMARTS) is 1. The minimum Gasteiger partial charge on any atom is -0.481 e. The van der Waals surface area contributed by atoms with Crippen molar-refractivity contribution < 1.29 is 14.7 Å². The molecule has 0 aliphatic rings. The van der Waals surface area contributed by atoms with Gasteiger partial charge in [-0.25, -0.2) is 0 Å². The van der Waals surface area contributed by atoms with Crippen molar-refractivity contribution in [3.8, 4) is 0 Å². The van der Waals surface area contributed by atoms with Crippen molar-refractivity contribution >= 4 is 11.8 Å². The first-order valence-electron chi connectivity index (χ1n) is 2.40. The molecule has 9 heavy (non-hydrogen) atoms. The number of hydrogen-bond donors (Lipinski definition) is 1. The molecule has 0 aromatic carbocycles. The van der Waals surface area contributed by atoms with Gasteiger partial charge in [-0.15, -0.1) is 4.79 Å². The van der Waals surface area contributed by atoms with Crippen LogP contribution in [0.25, 0.3) is 5.53 Å². The molecule has 48 valence electrons. The van der Waals surface area contributed by atoms with Gasteiger partial charge < -0.3 is 10.6 Å². The summed E-state index contributed by atoms with van der Waals surface area (Å²) in [5.41, 5.74) is 7.77. The molecular formula is C5H6N2O2. The second-order valence-corrected chi connectivity index (χ2v) is 1.37. The van der Waals surface area contributed by atoms with E-state index < -0.39 is 5.97 Å². The molecule has 0 rings (SSSR count). The van der Waals surface area contributed by atoms with Gasteiger partial charge in [0.05, 0.1) is 0 Å². The molecule has 0 bridgehead atoms. The number of hydrogen-bond acceptors (Lipinski definition) is 1. The lowest BCUT2D eigenvalue weighted by atomic mass is 10.3. The van der Waals surface area contributed by atoms with E-state index in [1.54, 1.807) is 0 Å². The van der Waals surface area contributed by atoms with E-state index in [9.17, 15) is 4.79 Å². The minimum atomic E-state index is -0.869. The first-order chi connectivity index (χ1) is 4.27. The fourth-order valence-corrected chi connectivity index (χ4v) is 0.301. The van der Waals surface area contributed by atoms with Crippen molar-refractivity contribution in [2.24, 2.45) is 0 Å². The van der Waals surface area contributed by atoms with Crippen LogP contribution in [0.1, 0.15) is 12.8 Å². The summed E-state index contributed by atoms with van der Waals surface area (Å²) in [4.78, 5) is 12.4. The van der Waals surface area contributed by atoms with Crippen LogP contribution in [-0.4, -0.2) is 21.7 Å². The van der Waals surface area contributed by atoms with Crippen LogP contribution in [0.2, 0.25) is 0 Å². The summed E-state index contributed by atoms with van der Waals surface area (Å²) < 4.78 is 0. The predicted molar refractivity (Wildman–Crippen MR) is 30.1 cm³/mol. The van der Waals surface area contributed by atoms with Crippen molar-refractivity contribution in [2.45, 2.75) is 12.8 Å². The van der Waals surface area contributed by atoms with E-state index in [0.29, 0.717) is 6.42 Å². The largest absolute Gasteiger partial charge is 0.481 e. The molecule has 0 heterocycles. The molecule has 0 spiro atoms. The lowest BCUT2D eigenvalue weighted by Crippen LogP contribution is -1.91. The van der Waals surface area contributed by atoms with Gasteiger partial charge >= 0.3 is 5.97 Å². The number of aliphatic carboxylic acids is 1. The fourth-order valence-electron chi connectivity index (χ4n) is 0.301. The van der Waals surface area contributed by atoms with Gasteiger partial charge in [0.25, 0.3) is 5.87 Å². The van der Waals surface area contributed by atoms with Gasteiger partial charge in [0, 0.05) is 12.5 Å². The van der Waals surface area contributed by atoms with Crippen LogP contribution in [0, 0.1) is 0 Å². The Morgan fingerprint density at radius 1 is 1.89 bits per heavy atom. The van der Waals surface area contributed by atoms with Crippen LogP contribution in [0.4, 0.5) is 0 Å². The molecule has 4 nitrogen and oxygen atoms in total. The number of carbonyl (C=O) groups is 1. The van der Waals surface area contributed by atoms with Crippen LogP contribution < -0.4 is 0 Å². The maximum Gasteiger partial charge on any atom is 0.303 e. The molecule has 0 atom stereocenters. The third-order valence-corrected chi connectivity index (χ3v) is 0.652. The standard InChI is InChI=1S/C5H6N2O2/c6-7-4-2-1-3-5(8)9/h2H,1,3H2,(H,8,9). The number of nitrogens with zero attached hydrogens (tertiary/aromatic N) is 2. The smallest absolute Gasteiger partial charge is 0.303 e. The number of carboxylic acids is 1. The Bertz CT molecular complexity index is 175. The Hall–Kier alpha value is -1.37. The highest BCUT2D eigenvalue weighted by atomic mass is 16.4. The average molecular weight is 126 g/mol. The number of allylic oxidation sites excluding steroid dienone is 1. The van der Waals surface area contributed by atoms with Gasteiger partial charge in [-0.2, -0.15) is 0 Å². The van der Waals surface area contributed by atoms with Gasteiger partial charge in [-0.3, -0.25) is 4.79 Å². The molecule has 0 aromatic rings. The highest BCUT2D eigenvalue weighted by Gasteiger charge is 1.91. The van der Waals surface area contributed by atoms with E-state index in [1.807, 2.05) is 0 Å². The summed E-state index contributed by atoms with van der Waals surface area (Å²) in [6, 6.07) is 0. The van der Waals surface area contributed by atoms with Crippen molar-refractivity contribution in [3.63, 3.8) is 0 Å². The van der Waals surface area contributed by atoms with Crippen molar-refractivity contribution in [2.75, 3.05) is 0 Å². The van der Waals surface area contributed by atoms with Crippen LogP contribution in [0.3, 0.4) is 0 Å². The zero-order valence-corrected chi connectivity index (χ0v) is 4.74. The lowest BCUT2D eigenvalue weighted by Gasteiger charge is -1.80. The van der Waals surface area contributed by atoms with Crippen molar-refractivity contribution in [1.82, 2.24) is 0 Å². The molecule has 0 unspecified atom stereocenters. The molecule has 0 saturated carbocycles. The second kappa shape index (κ2) is 4.78. The molecule has 0 radical (unpaired) electrons. The van der Waals surface area contributed by atoms with E-state index >= 15 is 0 Å². The first kappa shape index (κ1) is 7.63. The first-order valence-corrected chi connectivity index (χ1v) is 2.40. The number of rotatable bonds is 3. The minimum absolute atomic E-state index is 0.0442. The van der Waals surface area contributed by atoms with Gasteiger partial charge in [-0.1, -0.05) is 0 Å². The quantitative estimate of drug-likeness (QED) is 0.335. The van der Waals surface area contributed by atoms with Gasteiger partial charge in [-0.05, 0) is 6.42 Å². The van der Waals surface area contributed by atoms with E-state index in [2.05, 4.69) is 10.7 Å². The van der Waals surface area contributed by atoms with E-state index in [1.165, 1.54) is 6.08 Å². The monoisotopic (exact) mass is 126 g/mol. The third kappa shape index (κ3) is 6.63. The molecule has 4 heteroatoms. The van der Waals surface area contributed by atoms with Crippen LogP contribution in [-0.2, 0) is 4.79 Å². The summed E-state index contributed by atoms with van der Waals surface area (Å²) in [7, 11) is 0. The summed E-state index contributed by atoms with van der Waals surface area (Å²) in [6.45, 7) is 0. The average Bonchev–Trinajstić information content (AvgIpc) is 1.80. The molecule has 0 aliphatic carbocycles. The molecule has 0 aliphatic heterocycles. The maximum absolute atomic E-state index is 9.82. The maximum atomic E-state index is 9.82. The second-order valence-electron chi connectivity index (χ2n) is 1.37. The molecule has 1 N–H and O–H groups in total. The molecule has 0 fully saturated rings. The normalized spacial score (nSPS) is 7.11. The van der Waals surface area contributed by atoms with Gasteiger partial charge in [0.1, 0.15) is 0 Å². The highest BCUT2D eigenvalue weighted by molar-refractivity contribution is 5.67. The Morgan fingerprint density at radius 2 is 2.56 bits per heavy atom. The molecule has 0 aromatic heterocycles. The van der Waals surface area contributed by atoms with Gasteiger partial charge in [0.15, 0.2) is 0 Å². The lowest BCUT2D eigenvalue weighted by molar-refractivity contribution is -0.136. The van der Waals surface area contributed by atoms with Gasteiger partial charge in [0.2, 0.25) is 0 Å². The van der Waals surface area contributed by atoms with Crippen molar-refractivity contribution in [3.05, 3.63) is 11.6 Å². The molecule has 0 amide bonds. The Kier molecular flexibility index (Phi) is 4.05. The molecular weight excluding hydrogens is 120 g/mol. The Morgan fingerprint density at radius 3 is 3.00 bits per heavy atom. The summed E-state index contributed by atoms with van der Waals surface area (Å²) in [5.74, 6) is 1.23. The summed E-state index contributed by atoms with van der Waals surface area (Å²) in [6.07, 6.45) is 1.75. The Labute approximate surface area is 52.0 Å².